The second-order valence-electron chi connectivity index (χ2n) is 6.27. The third-order valence-corrected chi connectivity index (χ3v) is 3.64. The Kier molecular flexibility index (Phi) is 6.62. The largest absolute Gasteiger partial charge is 0.494 e. The average molecular weight is 297 g/mol. The van der Waals surface area contributed by atoms with Gasteiger partial charge in [0.2, 0.25) is 0 Å². The van der Waals surface area contributed by atoms with Crippen LogP contribution in [-0.2, 0) is 11.2 Å². The minimum atomic E-state index is -0.288. The molecule has 0 heterocycles. The zero-order chi connectivity index (χ0) is 16.0. The summed E-state index contributed by atoms with van der Waals surface area (Å²) in [5.74, 6) is -0.00419. The summed E-state index contributed by atoms with van der Waals surface area (Å²) in [6, 6.07) is 5.29. The number of benzene rings is 1. The minimum Gasteiger partial charge on any atom is -0.494 e. The van der Waals surface area contributed by atoms with E-state index in [2.05, 4.69) is 26.1 Å². The van der Waals surface area contributed by atoms with Gasteiger partial charge in [-0.25, -0.2) is 4.39 Å². The maximum atomic E-state index is 14.3. The van der Waals surface area contributed by atoms with Crippen molar-refractivity contribution < 1.29 is 13.9 Å². The highest BCUT2D eigenvalue weighted by Gasteiger charge is 2.32. The maximum Gasteiger partial charge on any atom is 0.168 e. The summed E-state index contributed by atoms with van der Waals surface area (Å²) in [7, 11) is 3.37. The Bertz CT molecular complexity index is 443. The van der Waals surface area contributed by atoms with E-state index < -0.39 is 0 Å². The summed E-state index contributed by atoms with van der Waals surface area (Å²) in [5.41, 5.74) is 0.613. The van der Waals surface area contributed by atoms with Gasteiger partial charge < -0.3 is 14.8 Å². The minimum absolute atomic E-state index is 0.00176. The molecule has 21 heavy (non-hydrogen) atoms. The molecule has 0 bridgehead atoms. The highest BCUT2D eigenvalue weighted by atomic mass is 19.1. The first kappa shape index (κ1) is 17.9. The fraction of sp³-hybridized carbons (Fsp3) is 0.647. The monoisotopic (exact) mass is 297 g/mol. The first-order valence-corrected chi connectivity index (χ1v) is 7.45. The Balaban J connectivity index is 3.00. The van der Waals surface area contributed by atoms with E-state index in [0.29, 0.717) is 18.6 Å². The van der Waals surface area contributed by atoms with Crippen LogP contribution in [0, 0.1) is 11.2 Å². The molecular formula is C17H28FNO2. The summed E-state index contributed by atoms with van der Waals surface area (Å²) in [6.07, 6.45) is 0.555. The summed E-state index contributed by atoms with van der Waals surface area (Å²) >= 11 is 0. The molecule has 3 nitrogen and oxygen atoms in total. The molecule has 1 aromatic carbocycles. The third kappa shape index (κ3) is 4.68. The van der Waals surface area contributed by atoms with Crippen LogP contribution in [0.3, 0.4) is 0 Å². The van der Waals surface area contributed by atoms with Crippen LogP contribution in [-0.4, -0.2) is 32.9 Å². The Hall–Kier alpha value is -1.13. The molecule has 0 amide bonds. The first-order chi connectivity index (χ1) is 9.85. The highest BCUT2D eigenvalue weighted by molar-refractivity contribution is 5.31. The van der Waals surface area contributed by atoms with E-state index in [1.54, 1.807) is 12.1 Å². The molecule has 0 radical (unpaired) electrons. The lowest BCUT2D eigenvalue weighted by Gasteiger charge is -2.37. The molecule has 0 fully saturated rings. The molecule has 0 saturated carbocycles. The van der Waals surface area contributed by atoms with Crippen molar-refractivity contribution >= 4 is 0 Å². The molecule has 120 valence electrons. The van der Waals surface area contributed by atoms with Crippen LogP contribution in [0.15, 0.2) is 18.2 Å². The SMILES string of the molecule is CCOC(C(Cc1cccc(OC)c1F)NC)C(C)(C)C. The van der Waals surface area contributed by atoms with Gasteiger partial charge in [-0.05, 0) is 37.4 Å². The van der Waals surface area contributed by atoms with Crippen molar-refractivity contribution in [3.05, 3.63) is 29.6 Å². The zero-order valence-corrected chi connectivity index (χ0v) is 14.0. The van der Waals surface area contributed by atoms with Gasteiger partial charge in [0.05, 0.1) is 13.2 Å². The number of halogens is 1. The first-order valence-electron chi connectivity index (χ1n) is 7.45. The number of ether oxygens (including phenoxy) is 2. The van der Waals surface area contributed by atoms with Crippen LogP contribution in [0.5, 0.6) is 5.75 Å². The molecule has 0 aliphatic carbocycles. The van der Waals surface area contributed by atoms with Gasteiger partial charge in [-0.2, -0.15) is 0 Å². The van der Waals surface area contributed by atoms with Crippen LogP contribution < -0.4 is 10.1 Å². The number of nitrogens with one attached hydrogen (secondary N) is 1. The van der Waals surface area contributed by atoms with Crippen LogP contribution in [0.1, 0.15) is 33.3 Å². The Morgan fingerprint density at radius 3 is 2.43 bits per heavy atom. The standard InChI is InChI=1S/C17H28FNO2/c1-7-21-16(17(2,3)4)13(19-5)11-12-9-8-10-14(20-6)15(12)18/h8-10,13,16,19H,7,11H2,1-6H3. The normalized spacial score (nSPS) is 14.8. The van der Waals surface area contributed by atoms with Gasteiger partial charge >= 0.3 is 0 Å². The van der Waals surface area contributed by atoms with E-state index in [-0.39, 0.29) is 29.1 Å². The lowest BCUT2D eigenvalue weighted by Crippen LogP contribution is -2.48. The van der Waals surface area contributed by atoms with Gasteiger partial charge in [0.1, 0.15) is 0 Å². The van der Waals surface area contributed by atoms with Gasteiger partial charge in [-0.1, -0.05) is 32.9 Å². The molecule has 0 aromatic heterocycles. The smallest absolute Gasteiger partial charge is 0.168 e. The molecule has 4 heteroatoms. The van der Waals surface area contributed by atoms with Gasteiger partial charge in [-0.3, -0.25) is 0 Å². The summed E-state index contributed by atoms with van der Waals surface area (Å²) in [4.78, 5) is 0. The molecule has 1 aromatic rings. The van der Waals surface area contributed by atoms with Crippen molar-refractivity contribution in [2.45, 2.75) is 46.3 Å². The predicted octanol–water partition coefficient (Wildman–Crippen LogP) is 3.42. The van der Waals surface area contributed by atoms with Crippen molar-refractivity contribution in [2.75, 3.05) is 20.8 Å². The topological polar surface area (TPSA) is 30.5 Å². The number of rotatable bonds is 7. The Morgan fingerprint density at radius 2 is 1.95 bits per heavy atom. The van der Waals surface area contributed by atoms with E-state index in [1.165, 1.54) is 7.11 Å². The van der Waals surface area contributed by atoms with Gasteiger partial charge in [-0.15, -0.1) is 0 Å². The van der Waals surface area contributed by atoms with E-state index in [9.17, 15) is 4.39 Å². The van der Waals surface area contributed by atoms with Crippen molar-refractivity contribution in [2.24, 2.45) is 5.41 Å². The number of hydrogen-bond acceptors (Lipinski definition) is 3. The van der Waals surface area contributed by atoms with E-state index >= 15 is 0 Å². The van der Waals surface area contributed by atoms with Gasteiger partial charge in [0.25, 0.3) is 0 Å². The van der Waals surface area contributed by atoms with Crippen LogP contribution in [0.4, 0.5) is 4.39 Å². The summed E-state index contributed by atoms with van der Waals surface area (Å²) in [6.45, 7) is 9.04. The molecule has 2 atom stereocenters. The maximum absolute atomic E-state index is 14.3. The third-order valence-electron chi connectivity index (χ3n) is 3.64. The molecule has 1 N–H and O–H groups in total. The van der Waals surface area contributed by atoms with Gasteiger partial charge in [0.15, 0.2) is 11.6 Å². The quantitative estimate of drug-likeness (QED) is 0.836. The van der Waals surface area contributed by atoms with Crippen molar-refractivity contribution in [3.8, 4) is 5.75 Å². The van der Waals surface area contributed by atoms with Crippen molar-refractivity contribution in [3.63, 3.8) is 0 Å². The van der Waals surface area contributed by atoms with Crippen LogP contribution >= 0.6 is 0 Å². The number of methoxy groups -OCH3 is 1. The molecule has 2 unspecified atom stereocenters. The van der Waals surface area contributed by atoms with E-state index in [4.69, 9.17) is 9.47 Å². The van der Waals surface area contributed by atoms with E-state index in [0.717, 1.165) is 0 Å². The van der Waals surface area contributed by atoms with Crippen molar-refractivity contribution in [1.82, 2.24) is 5.32 Å². The molecular weight excluding hydrogens is 269 g/mol. The summed E-state index contributed by atoms with van der Waals surface area (Å²) < 4.78 is 25.3. The molecule has 0 saturated heterocycles. The van der Waals surface area contributed by atoms with Gasteiger partial charge in [0, 0.05) is 12.6 Å². The lowest BCUT2D eigenvalue weighted by molar-refractivity contribution is -0.0342. The second kappa shape index (κ2) is 7.76. The molecule has 0 aliphatic rings. The van der Waals surface area contributed by atoms with Crippen LogP contribution in [0.25, 0.3) is 0 Å². The number of hydrogen-bond donors (Lipinski definition) is 1. The fourth-order valence-corrected chi connectivity index (χ4v) is 2.62. The average Bonchev–Trinajstić information content (AvgIpc) is 2.43. The molecule has 0 spiro atoms. The molecule has 0 aliphatic heterocycles. The number of likely N-dealkylation sites (N-methyl/N-ethyl adjacent to an activating group) is 1. The predicted molar refractivity (Wildman–Crippen MR) is 84.4 cm³/mol. The molecule has 1 rings (SSSR count). The summed E-state index contributed by atoms with van der Waals surface area (Å²) in [5, 5.41) is 3.27. The lowest BCUT2D eigenvalue weighted by atomic mass is 9.82. The Labute approximate surface area is 127 Å². The Morgan fingerprint density at radius 1 is 1.29 bits per heavy atom. The van der Waals surface area contributed by atoms with Crippen LogP contribution in [0.2, 0.25) is 0 Å². The van der Waals surface area contributed by atoms with Crippen molar-refractivity contribution in [1.29, 1.82) is 0 Å². The highest BCUT2D eigenvalue weighted by Crippen LogP contribution is 2.28. The fourth-order valence-electron chi connectivity index (χ4n) is 2.62. The second-order valence-corrected chi connectivity index (χ2v) is 6.27. The zero-order valence-electron chi connectivity index (χ0n) is 14.0. The van der Waals surface area contributed by atoms with E-state index in [1.807, 2.05) is 20.0 Å².